The molecule has 1 amide bonds. The summed E-state index contributed by atoms with van der Waals surface area (Å²) in [6, 6.07) is 8.93. The minimum Gasteiger partial charge on any atom is -0.490 e. The monoisotopic (exact) mass is 490 g/mol. The van der Waals surface area contributed by atoms with Crippen molar-refractivity contribution in [3.05, 3.63) is 47.0 Å². The first-order valence-corrected chi connectivity index (χ1v) is 13.4. The van der Waals surface area contributed by atoms with Crippen LogP contribution in [-0.4, -0.2) is 50.7 Å². The van der Waals surface area contributed by atoms with Crippen LogP contribution in [-0.2, 0) is 23.0 Å². The van der Waals surface area contributed by atoms with Gasteiger partial charge in [-0.05, 0) is 69.0 Å². The molecule has 0 aromatic heterocycles. The lowest BCUT2D eigenvalue weighted by Gasteiger charge is -2.28. The number of nitrogens with one attached hydrogen (secondary N) is 1. The summed E-state index contributed by atoms with van der Waals surface area (Å²) < 4.78 is 43.7. The van der Waals surface area contributed by atoms with E-state index in [0.717, 1.165) is 11.1 Å². The highest BCUT2D eigenvalue weighted by Gasteiger charge is 2.26. The lowest BCUT2D eigenvalue weighted by atomic mass is 10.0. The van der Waals surface area contributed by atoms with E-state index < -0.39 is 10.0 Å². The van der Waals surface area contributed by atoms with Crippen LogP contribution in [0.25, 0.3) is 0 Å². The zero-order chi connectivity index (χ0) is 24.7. The van der Waals surface area contributed by atoms with Crippen LogP contribution in [0, 0.1) is 0 Å². The second-order valence-corrected chi connectivity index (χ2v) is 10.0. The Balaban J connectivity index is 1.85. The van der Waals surface area contributed by atoms with Gasteiger partial charge in [0.1, 0.15) is 0 Å². The van der Waals surface area contributed by atoms with Gasteiger partial charge in [-0.25, -0.2) is 8.42 Å². The third-order valence-electron chi connectivity index (χ3n) is 5.47. The first kappa shape index (κ1) is 25.8. The summed E-state index contributed by atoms with van der Waals surface area (Å²) in [5, 5.41) is 2.92. The molecular formula is C25H34N2O6S. The summed E-state index contributed by atoms with van der Waals surface area (Å²) in [5.41, 5.74) is 2.98. The fraction of sp³-hybridized carbons (Fsp3) is 0.480. The molecule has 3 rings (SSSR count). The maximum Gasteiger partial charge on any atom is 0.255 e. The molecule has 2 aromatic rings. The summed E-state index contributed by atoms with van der Waals surface area (Å²) in [6.45, 7) is 9.51. The van der Waals surface area contributed by atoms with Crippen LogP contribution in [0.5, 0.6) is 17.2 Å². The van der Waals surface area contributed by atoms with Gasteiger partial charge in [-0.2, -0.15) is 4.31 Å². The Hall–Kier alpha value is -2.78. The van der Waals surface area contributed by atoms with Gasteiger partial charge in [-0.15, -0.1) is 0 Å². The first-order valence-electron chi connectivity index (χ1n) is 11.8. The predicted molar refractivity (Wildman–Crippen MR) is 133 cm³/mol. The van der Waals surface area contributed by atoms with Gasteiger partial charge in [0.15, 0.2) is 11.5 Å². The number of amides is 1. The Kier molecular flexibility index (Phi) is 8.79. The van der Waals surface area contributed by atoms with Crippen molar-refractivity contribution in [2.75, 3.05) is 37.4 Å². The van der Waals surface area contributed by atoms with Crippen LogP contribution in [0.3, 0.4) is 0 Å². The fourth-order valence-electron chi connectivity index (χ4n) is 3.96. The minimum atomic E-state index is -3.28. The first-order chi connectivity index (χ1) is 16.3. The Labute approximate surface area is 202 Å². The molecular weight excluding hydrogens is 456 g/mol. The number of ether oxygens (including phenoxy) is 3. The van der Waals surface area contributed by atoms with E-state index in [4.69, 9.17) is 14.2 Å². The van der Waals surface area contributed by atoms with Crippen molar-refractivity contribution in [2.24, 2.45) is 0 Å². The molecule has 0 unspecified atom stereocenters. The van der Waals surface area contributed by atoms with Crippen molar-refractivity contribution in [3.63, 3.8) is 0 Å². The molecule has 0 atom stereocenters. The number of nitrogens with zero attached hydrogens (tertiary/aromatic N) is 1. The van der Waals surface area contributed by atoms with Crippen molar-refractivity contribution in [3.8, 4) is 17.2 Å². The molecule has 1 heterocycles. The molecule has 0 aliphatic carbocycles. The number of rotatable bonds is 11. The van der Waals surface area contributed by atoms with E-state index in [-0.39, 0.29) is 11.7 Å². The van der Waals surface area contributed by atoms with E-state index in [0.29, 0.717) is 74.3 Å². The second kappa shape index (κ2) is 11.6. The summed E-state index contributed by atoms with van der Waals surface area (Å²) in [5.74, 6) is 1.19. The number of sulfonamides is 1. The van der Waals surface area contributed by atoms with Gasteiger partial charge in [-0.1, -0.05) is 13.0 Å². The smallest absolute Gasteiger partial charge is 0.255 e. The average Bonchev–Trinajstić information content (AvgIpc) is 2.80. The molecule has 0 spiro atoms. The summed E-state index contributed by atoms with van der Waals surface area (Å²) >= 11 is 0. The average molecular weight is 491 g/mol. The number of anilines is 1. The number of benzene rings is 2. The Bertz CT molecular complexity index is 1090. The standard InChI is InChI=1S/C25H34N2O6S/c1-5-13-34(29,30)27-12-11-18-9-10-21(14-20(18)17-27)26-25(28)19-15-22(31-6-2)24(33-8-4)23(16-19)32-7-3/h9-10,14-16H,5-8,11-13,17H2,1-4H3,(H,26,28). The Morgan fingerprint density at radius 3 is 2.18 bits per heavy atom. The van der Waals surface area contributed by atoms with Crippen LogP contribution < -0.4 is 19.5 Å². The zero-order valence-electron chi connectivity index (χ0n) is 20.3. The van der Waals surface area contributed by atoms with Gasteiger partial charge >= 0.3 is 0 Å². The summed E-state index contributed by atoms with van der Waals surface area (Å²) in [6.07, 6.45) is 1.23. The second-order valence-electron chi connectivity index (χ2n) is 7.94. The van der Waals surface area contributed by atoms with E-state index >= 15 is 0 Å². The van der Waals surface area contributed by atoms with Gasteiger partial charge in [0.05, 0.1) is 25.6 Å². The van der Waals surface area contributed by atoms with Crippen molar-refractivity contribution in [1.29, 1.82) is 0 Å². The maximum absolute atomic E-state index is 13.1. The minimum absolute atomic E-state index is 0.140. The number of carbonyl (C=O) groups is 1. The summed E-state index contributed by atoms with van der Waals surface area (Å²) in [4.78, 5) is 13.1. The van der Waals surface area contributed by atoms with Gasteiger partial charge in [-0.3, -0.25) is 4.79 Å². The molecule has 2 aromatic carbocycles. The van der Waals surface area contributed by atoms with Crippen LogP contribution in [0.1, 0.15) is 55.6 Å². The number of carbonyl (C=O) groups excluding carboxylic acids is 1. The lowest BCUT2D eigenvalue weighted by Crippen LogP contribution is -2.37. The van der Waals surface area contributed by atoms with Crippen LogP contribution in [0.2, 0.25) is 0 Å². The quantitative estimate of drug-likeness (QED) is 0.507. The molecule has 0 saturated carbocycles. The van der Waals surface area contributed by atoms with E-state index in [1.54, 1.807) is 12.1 Å². The highest BCUT2D eigenvalue weighted by Crippen LogP contribution is 2.39. The van der Waals surface area contributed by atoms with Crippen molar-refractivity contribution < 1.29 is 27.4 Å². The number of hydrogen-bond donors (Lipinski definition) is 1. The topological polar surface area (TPSA) is 94.2 Å². The van der Waals surface area contributed by atoms with Gasteiger partial charge in [0.2, 0.25) is 15.8 Å². The highest BCUT2D eigenvalue weighted by molar-refractivity contribution is 7.89. The van der Waals surface area contributed by atoms with Crippen molar-refractivity contribution in [2.45, 2.75) is 47.1 Å². The molecule has 34 heavy (non-hydrogen) atoms. The van der Waals surface area contributed by atoms with Gasteiger partial charge < -0.3 is 19.5 Å². The third kappa shape index (κ3) is 6.01. The van der Waals surface area contributed by atoms with Gasteiger partial charge in [0.25, 0.3) is 5.91 Å². The van der Waals surface area contributed by atoms with Crippen LogP contribution in [0.15, 0.2) is 30.3 Å². The van der Waals surface area contributed by atoms with E-state index in [2.05, 4.69) is 5.32 Å². The normalized spacial score (nSPS) is 13.8. The van der Waals surface area contributed by atoms with E-state index in [1.165, 1.54) is 4.31 Å². The molecule has 0 bridgehead atoms. The molecule has 0 fully saturated rings. The summed E-state index contributed by atoms with van der Waals surface area (Å²) in [7, 11) is -3.28. The zero-order valence-corrected chi connectivity index (χ0v) is 21.2. The van der Waals surface area contributed by atoms with Gasteiger partial charge in [0, 0.05) is 24.3 Å². The van der Waals surface area contributed by atoms with Crippen LogP contribution >= 0.6 is 0 Å². The third-order valence-corrected chi connectivity index (χ3v) is 7.49. The molecule has 1 aliphatic heterocycles. The lowest BCUT2D eigenvalue weighted by molar-refractivity contribution is 0.102. The molecule has 0 radical (unpaired) electrons. The molecule has 1 aliphatic rings. The van der Waals surface area contributed by atoms with Crippen molar-refractivity contribution >= 4 is 21.6 Å². The van der Waals surface area contributed by atoms with Crippen LogP contribution in [0.4, 0.5) is 5.69 Å². The molecule has 186 valence electrons. The predicted octanol–water partition coefficient (Wildman–Crippen LogP) is 4.23. The molecule has 8 nitrogen and oxygen atoms in total. The largest absolute Gasteiger partial charge is 0.490 e. The molecule has 9 heteroatoms. The maximum atomic E-state index is 13.1. The highest BCUT2D eigenvalue weighted by atomic mass is 32.2. The number of fused-ring (bicyclic) bond motifs is 1. The van der Waals surface area contributed by atoms with E-state index in [1.807, 2.05) is 45.9 Å². The fourth-order valence-corrected chi connectivity index (χ4v) is 5.44. The Morgan fingerprint density at radius 1 is 0.941 bits per heavy atom. The van der Waals surface area contributed by atoms with Crippen molar-refractivity contribution in [1.82, 2.24) is 4.31 Å². The Morgan fingerprint density at radius 2 is 1.59 bits per heavy atom. The number of hydrogen-bond acceptors (Lipinski definition) is 6. The molecule has 1 N–H and O–H groups in total. The SMILES string of the molecule is CCCS(=O)(=O)N1CCc2ccc(NC(=O)c3cc(OCC)c(OCC)c(OCC)c3)cc2C1. The van der Waals surface area contributed by atoms with E-state index in [9.17, 15) is 13.2 Å². The molecule has 0 saturated heterocycles.